The molecule has 0 aromatic heterocycles. The number of nitrogens with zero attached hydrogens (tertiary/aromatic N) is 1. The normalized spacial score (nSPS) is 11.8. The average molecular weight is 259 g/mol. The molecule has 0 aliphatic heterocycles. The molecule has 0 atom stereocenters. The van der Waals surface area contributed by atoms with Crippen LogP contribution in [-0.2, 0) is 10.0 Å². The summed E-state index contributed by atoms with van der Waals surface area (Å²) < 4.78 is 27.4. The van der Waals surface area contributed by atoms with Crippen LogP contribution in [0.1, 0.15) is 11.1 Å². The maximum Gasteiger partial charge on any atom is 0.282 e. The monoisotopic (exact) mass is 259 g/mol. The van der Waals surface area contributed by atoms with Crippen LogP contribution in [0.15, 0.2) is 63.9 Å². The van der Waals surface area contributed by atoms with E-state index in [0.29, 0.717) is 0 Å². The molecule has 0 aliphatic rings. The van der Waals surface area contributed by atoms with Gasteiger partial charge in [-0.1, -0.05) is 48.0 Å². The summed E-state index contributed by atoms with van der Waals surface area (Å²) in [5, 5.41) is 0. The molecule has 92 valence electrons. The molecule has 0 bridgehead atoms. The first-order valence-electron chi connectivity index (χ1n) is 5.50. The Labute approximate surface area is 107 Å². The Bertz CT molecular complexity index is 644. The van der Waals surface area contributed by atoms with Gasteiger partial charge in [0.25, 0.3) is 10.0 Å². The van der Waals surface area contributed by atoms with Crippen molar-refractivity contribution >= 4 is 16.2 Å². The van der Waals surface area contributed by atoms with E-state index in [1.54, 1.807) is 18.2 Å². The minimum atomic E-state index is -3.60. The molecule has 0 radical (unpaired) electrons. The second kappa shape index (κ2) is 5.14. The molecule has 2 aromatic rings. The number of hydrogen-bond donors (Lipinski definition) is 0. The van der Waals surface area contributed by atoms with Crippen molar-refractivity contribution in [2.45, 2.75) is 11.8 Å². The second-order valence-corrected chi connectivity index (χ2v) is 5.57. The molecule has 0 saturated heterocycles. The van der Waals surface area contributed by atoms with E-state index < -0.39 is 10.0 Å². The zero-order valence-corrected chi connectivity index (χ0v) is 10.8. The fraction of sp³-hybridized carbons (Fsp3) is 0.0714. The number of rotatable bonds is 3. The van der Waals surface area contributed by atoms with Gasteiger partial charge in [0.05, 0.1) is 4.90 Å². The predicted molar refractivity (Wildman–Crippen MR) is 72.4 cm³/mol. The highest BCUT2D eigenvalue weighted by molar-refractivity contribution is 7.90. The summed E-state index contributed by atoms with van der Waals surface area (Å²) >= 11 is 0. The van der Waals surface area contributed by atoms with Crippen LogP contribution in [0.5, 0.6) is 0 Å². The molecular weight excluding hydrogens is 246 g/mol. The molecule has 0 aliphatic carbocycles. The number of hydrogen-bond acceptors (Lipinski definition) is 2. The lowest BCUT2D eigenvalue weighted by Gasteiger charge is -1.98. The van der Waals surface area contributed by atoms with Crippen molar-refractivity contribution in [1.29, 1.82) is 0 Å². The molecule has 0 unspecified atom stereocenters. The molecule has 18 heavy (non-hydrogen) atoms. The quantitative estimate of drug-likeness (QED) is 0.796. The van der Waals surface area contributed by atoms with Gasteiger partial charge >= 0.3 is 0 Å². The molecule has 0 saturated carbocycles. The molecule has 0 amide bonds. The van der Waals surface area contributed by atoms with Gasteiger partial charge < -0.3 is 0 Å². The van der Waals surface area contributed by atoms with E-state index in [4.69, 9.17) is 0 Å². The van der Waals surface area contributed by atoms with Crippen molar-refractivity contribution in [3.63, 3.8) is 0 Å². The van der Waals surface area contributed by atoms with Crippen molar-refractivity contribution in [1.82, 2.24) is 0 Å². The molecular formula is C14H13NO2S. The van der Waals surface area contributed by atoms with Gasteiger partial charge in [0.15, 0.2) is 0 Å². The highest BCUT2D eigenvalue weighted by Crippen LogP contribution is 2.11. The highest BCUT2D eigenvalue weighted by Gasteiger charge is 2.09. The van der Waals surface area contributed by atoms with E-state index in [2.05, 4.69) is 4.40 Å². The topological polar surface area (TPSA) is 46.5 Å². The third kappa shape index (κ3) is 3.05. The predicted octanol–water partition coefficient (Wildman–Crippen LogP) is 2.80. The van der Waals surface area contributed by atoms with Crippen LogP contribution in [0, 0.1) is 6.92 Å². The first-order valence-corrected chi connectivity index (χ1v) is 6.94. The van der Waals surface area contributed by atoms with Gasteiger partial charge in [0.1, 0.15) is 0 Å². The fourth-order valence-corrected chi connectivity index (χ4v) is 2.32. The summed E-state index contributed by atoms with van der Waals surface area (Å²) in [7, 11) is -3.60. The van der Waals surface area contributed by atoms with Crippen LogP contribution >= 0.6 is 0 Å². The standard InChI is InChI=1S/C14H13NO2S/c1-12-7-9-13(10-8-12)11-15-18(16,17)14-5-3-2-4-6-14/h2-11H,1H3. The van der Waals surface area contributed by atoms with E-state index in [1.165, 1.54) is 18.3 Å². The molecule has 4 heteroatoms. The van der Waals surface area contributed by atoms with Crippen LogP contribution in [-0.4, -0.2) is 14.6 Å². The molecule has 2 aromatic carbocycles. The van der Waals surface area contributed by atoms with E-state index in [0.717, 1.165) is 11.1 Å². The first kappa shape index (κ1) is 12.5. The lowest BCUT2D eigenvalue weighted by Crippen LogP contribution is -1.97. The van der Waals surface area contributed by atoms with Gasteiger partial charge in [-0.3, -0.25) is 0 Å². The second-order valence-electron chi connectivity index (χ2n) is 3.93. The molecule has 3 nitrogen and oxygen atoms in total. The van der Waals surface area contributed by atoms with Gasteiger partial charge in [-0.2, -0.15) is 12.8 Å². The first-order chi connectivity index (χ1) is 8.58. The lowest BCUT2D eigenvalue weighted by atomic mass is 10.2. The van der Waals surface area contributed by atoms with Crippen molar-refractivity contribution in [2.24, 2.45) is 4.40 Å². The summed E-state index contributed by atoms with van der Waals surface area (Å²) in [5.41, 5.74) is 1.89. The van der Waals surface area contributed by atoms with Crippen molar-refractivity contribution in [3.8, 4) is 0 Å². The maximum atomic E-state index is 11.9. The Kier molecular flexibility index (Phi) is 3.58. The van der Waals surface area contributed by atoms with E-state index in [1.807, 2.05) is 31.2 Å². The Morgan fingerprint density at radius 1 is 0.944 bits per heavy atom. The van der Waals surface area contributed by atoms with Crippen LogP contribution < -0.4 is 0 Å². The van der Waals surface area contributed by atoms with Gasteiger partial charge in [0.2, 0.25) is 0 Å². The summed E-state index contributed by atoms with van der Waals surface area (Å²) in [6, 6.07) is 15.7. The Morgan fingerprint density at radius 2 is 1.56 bits per heavy atom. The van der Waals surface area contributed by atoms with Crippen LogP contribution in [0.25, 0.3) is 0 Å². The molecule has 0 heterocycles. The van der Waals surface area contributed by atoms with E-state index >= 15 is 0 Å². The fourth-order valence-electron chi connectivity index (χ4n) is 1.44. The zero-order valence-electron chi connectivity index (χ0n) is 9.95. The van der Waals surface area contributed by atoms with Crippen molar-refractivity contribution < 1.29 is 8.42 Å². The molecule has 2 rings (SSSR count). The molecule has 0 spiro atoms. The minimum absolute atomic E-state index is 0.202. The third-order valence-corrected chi connectivity index (χ3v) is 3.71. The van der Waals surface area contributed by atoms with Crippen LogP contribution in [0.3, 0.4) is 0 Å². The Hall–Kier alpha value is -1.94. The van der Waals surface area contributed by atoms with Gasteiger partial charge in [-0.15, -0.1) is 0 Å². The summed E-state index contributed by atoms with van der Waals surface area (Å²) in [4.78, 5) is 0.202. The van der Waals surface area contributed by atoms with E-state index in [-0.39, 0.29) is 4.90 Å². The Morgan fingerprint density at radius 3 is 2.17 bits per heavy atom. The molecule has 0 fully saturated rings. The third-order valence-electron chi connectivity index (χ3n) is 2.46. The summed E-state index contributed by atoms with van der Waals surface area (Å²) in [6.07, 6.45) is 1.36. The number of sulfonamides is 1. The zero-order chi connectivity index (χ0) is 13.0. The van der Waals surface area contributed by atoms with Crippen molar-refractivity contribution in [3.05, 3.63) is 65.7 Å². The number of benzene rings is 2. The van der Waals surface area contributed by atoms with Crippen LogP contribution in [0.2, 0.25) is 0 Å². The van der Waals surface area contributed by atoms with Crippen LogP contribution in [0.4, 0.5) is 0 Å². The molecule has 0 N–H and O–H groups in total. The smallest absolute Gasteiger partial charge is 0.199 e. The largest absolute Gasteiger partial charge is 0.282 e. The lowest BCUT2D eigenvalue weighted by molar-refractivity contribution is 0.598. The summed E-state index contributed by atoms with van der Waals surface area (Å²) in [5.74, 6) is 0. The van der Waals surface area contributed by atoms with Gasteiger partial charge in [0, 0.05) is 6.21 Å². The minimum Gasteiger partial charge on any atom is -0.199 e. The van der Waals surface area contributed by atoms with Crippen molar-refractivity contribution in [2.75, 3.05) is 0 Å². The Balaban J connectivity index is 2.26. The SMILES string of the molecule is Cc1ccc(C=NS(=O)(=O)c2ccccc2)cc1. The van der Waals surface area contributed by atoms with Gasteiger partial charge in [-0.05, 0) is 24.6 Å². The highest BCUT2D eigenvalue weighted by atomic mass is 32.2. The maximum absolute atomic E-state index is 11.9. The summed E-state index contributed by atoms with van der Waals surface area (Å²) in [6.45, 7) is 1.97. The average Bonchev–Trinajstić information content (AvgIpc) is 2.39. The number of aryl methyl sites for hydroxylation is 1. The van der Waals surface area contributed by atoms with Gasteiger partial charge in [-0.25, -0.2) is 0 Å². The van der Waals surface area contributed by atoms with E-state index in [9.17, 15) is 8.42 Å².